The van der Waals surface area contributed by atoms with Gasteiger partial charge in [-0.3, -0.25) is 23.4 Å². The van der Waals surface area contributed by atoms with Gasteiger partial charge in [-0.25, -0.2) is 9.97 Å². The number of carbonyl (C=O) groups excluding carboxylic acids is 2. The van der Waals surface area contributed by atoms with E-state index in [-0.39, 0.29) is 11.8 Å². The maximum Gasteiger partial charge on any atom is 0.276 e. The molecule has 6 heterocycles. The molecule has 0 aliphatic heterocycles. The second-order valence-corrected chi connectivity index (χ2v) is 12.0. The van der Waals surface area contributed by atoms with Crippen LogP contribution in [0.4, 0.5) is 11.4 Å². The fourth-order valence-corrected chi connectivity index (χ4v) is 6.86. The Labute approximate surface area is 273 Å². The number of amides is 2. The second kappa shape index (κ2) is 12.4. The summed E-state index contributed by atoms with van der Waals surface area (Å²) >= 11 is 2.99. The zero-order valence-corrected chi connectivity index (χ0v) is 26.4. The summed E-state index contributed by atoms with van der Waals surface area (Å²) in [6.45, 7) is 0. The molecule has 2 N–H and O–H groups in total. The number of nitrogens with zero attached hydrogens (tertiary/aromatic N) is 6. The van der Waals surface area contributed by atoms with Crippen molar-refractivity contribution in [1.82, 2.24) is 23.8 Å². The Bertz CT molecular complexity index is 2410. The van der Waals surface area contributed by atoms with Gasteiger partial charge in [0, 0.05) is 24.7 Å². The van der Waals surface area contributed by atoms with E-state index in [0.29, 0.717) is 27.5 Å². The molecule has 0 aliphatic carbocycles. The maximum atomic E-state index is 12.3. The lowest BCUT2D eigenvalue weighted by Gasteiger charge is -2.02. The highest BCUT2D eigenvalue weighted by Crippen LogP contribution is 2.31. The van der Waals surface area contributed by atoms with Crippen LogP contribution in [0, 0.1) is 5.21 Å². The van der Waals surface area contributed by atoms with E-state index in [1.807, 2.05) is 45.2 Å². The molecule has 13 nitrogen and oxygen atoms in total. The first-order valence-corrected chi connectivity index (χ1v) is 15.6. The largest absolute Gasteiger partial charge is 0.619 e. The van der Waals surface area contributed by atoms with Crippen LogP contribution < -0.4 is 24.8 Å². The summed E-state index contributed by atoms with van der Waals surface area (Å²) in [4.78, 5) is 38.8. The van der Waals surface area contributed by atoms with Gasteiger partial charge < -0.3 is 25.3 Å². The third-order valence-electron chi connectivity index (χ3n) is 7.02. The molecule has 15 heteroatoms. The number of fused-ring (bicyclic) bond motifs is 6. The van der Waals surface area contributed by atoms with Gasteiger partial charge in [-0.15, -0.1) is 0 Å². The summed E-state index contributed by atoms with van der Waals surface area (Å²) in [6.07, 6.45) is 9.32. The predicted molar refractivity (Wildman–Crippen MR) is 180 cm³/mol. The van der Waals surface area contributed by atoms with Crippen molar-refractivity contribution in [3.05, 3.63) is 114 Å². The van der Waals surface area contributed by atoms with Crippen LogP contribution >= 0.6 is 22.7 Å². The zero-order chi connectivity index (χ0) is 32.5. The zero-order valence-electron chi connectivity index (χ0n) is 24.8. The van der Waals surface area contributed by atoms with Crippen molar-refractivity contribution in [2.75, 3.05) is 24.9 Å². The number of methoxy groups -OCH3 is 2. The van der Waals surface area contributed by atoms with E-state index in [0.717, 1.165) is 41.9 Å². The first-order valence-electron chi connectivity index (χ1n) is 14.0. The third kappa shape index (κ3) is 5.99. The van der Waals surface area contributed by atoms with Gasteiger partial charge in [0.05, 0.1) is 46.5 Å². The molecule has 0 aliphatic rings. The lowest BCUT2D eigenvalue weighted by Crippen LogP contribution is -2.25. The van der Waals surface area contributed by atoms with Crippen molar-refractivity contribution in [1.29, 1.82) is 0 Å². The molecule has 8 aromatic rings. The first kappa shape index (κ1) is 29.6. The first-order chi connectivity index (χ1) is 22.9. The number of carbonyl (C=O) groups is 2. The highest BCUT2D eigenvalue weighted by atomic mass is 32.1. The molecule has 0 saturated carbocycles. The minimum Gasteiger partial charge on any atom is -0.619 e. The van der Waals surface area contributed by atoms with Crippen LogP contribution in [-0.2, 0) is 0 Å². The summed E-state index contributed by atoms with van der Waals surface area (Å²) in [6, 6.07) is 18.3. The number of hydrogen-bond acceptors (Lipinski definition) is 10. The molecule has 0 atom stereocenters. The second-order valence-electron chi connectivity index (χ2n) is 10.0. The summed E-state index contributed by atoms with van der Waals surface area (Å²) in [5.74, 6) is 0.964. The maximum absolute atomic E-state index is 12.3. The van der Waals surface area contributed by atoms with Crippen molar-refractivity contribution in [2.45, 2.75) is 0 Å². The van der Waals surface area contributed by atoms with E-state index < -0.39 is 0 Å². The molecule has 6 aromatic heterocycles. The highest BCUT2D eigenvalue weighted by Gasteiger charge is 2.17. The van der Waals surface area contributed by atoms with Gasteiger partial charge >= 0.3 is 0 Å². The van der Waals surface area contributed by atoms with Crippen molar-refractivity contribution in [2.24, 2.45) is 0 Å². The summed E-state index contributed by atoms with van der Waals surface area (Å²) in [5, 5.41) is 16.7. The van der Waals surface area contributed by atoms with E-state index in [9.17, 15) is 14.8 Å². The van der Waals surface area contributed by atoms with Crippen LogP contribution in [0.3, 0.4) is 0 Å². The third-order valence-corrected chi connectivity index (χ3v) is 9.06. The average molecular weight is 665 g/mol. The number of thiazole rings is 2. The summed E-state index contributed by atoms with van der Waals surface area (Å²) in [7, 11) is 3.26. The molecule has 0 fully saturated rings. The van der Waals surface area contributed by atoms with E-state index in [2.05, 4.69) is 25.6 Å². The van der Waals surface area contributed by atoms with Crippen molar-refractivity contribution >= 4 is 76.2 Å². The van der Waals surface area contributed by atoms with E-state index >= 15 is 0 Å². The van der Waals surface area contributed by atoms with Crippen LogP contribution in [-0.4, -0.2) is 49.8 Å². The molecule has 0 spiro atoms. The summed E-state index contributed by atoms with van der Waals surface area (Å²) < 4.78 is 16.9. The van der Waals surface area contributed by atoms with Gasteiger partial charge in [0.25, 0.3) is 11.8 Å². The van der Waals surface area contributed by atoms with Crippen LogP contribution in [0.25, 0.3) is 30.4 Å². The average Bonchev–Trinajstić information content (AvgIpc) is 3.84. The van der Waals surface area contributed by atoms with E-state index in [4.69, 9.17) is 9.47 Å². The number of aromatic nitrogens is 6. The lowest BCUT2D eigenvalue weighted by atomic mass is 10.3. The van der Waals surface area contributed by atoms with Gasteiger partial charge in [-0.1, -0.05) is 22.7 Å². The van der Waals surface area contributed by atoms with Crippen LogP contribution in [0.5, 0.6) is 11.5 Å². The van der Waals surface area contributed by atoms with Gasteiger partial charge in [0.1, 0.15) is 28.6 Å². The molecular weight excluding hydrogens is 641 g/mol. The number of nitrogens with one attached hydrogen (secondary N) is 2. The molecule has 2 aromatic carbocycles. The van der Waals surface area contributed by atoms with E-state index in [1.54, 1.807) is 63.3 Å². The van der Waals surface area contributed by atoms with Gasteiger partial charge in [-0.05, 0) is 54.6 Å². The Hall–Kier alpha value is -6.06. The monoisotopic (exact) mass is 664 g/mol. The van der Waals surface area contributed by atoms with Gasteiger partial charge in [0.15, 0.2) is 16.1 Å². The smallest absolute Gasteiger partial charge is 0.276 e. The molecule has 0 unspecified atom stereocenters. The minimum absolute atomic E-state index is 0.254. The molecule has 0 radical (unpaired) electrons. The molecule has 47 heavy (non-hydrogen) atoms. The Morgan fingerprint density at radius 2 is 1.34 bits per heavy atom. The van der Waals surface area contributed by atoms with Crippen LogP contribution in [0.1, 0.15) is 21.0 Å². The number of benzene rings is 2. The highest BCUT2D eigenvalue weighted by molar-refractivity contribution is 7.24. The van der Waals surface area contributed by atoms with Gasteiger partial charge in [0.2, 0.25) is 6.20 Å². The normalized spacial score (nSPS) is 11.0. The fourth-order valence-electron chi connectivity index (χ4n) is 4.79. The Kier molecular flexibility index (Phi) is 7.81. The fraction of sp³-hybridized carbons (Fsp3) is 0.0625. The van der Waals surface area contributed by atoms with Crippen molar-refractivity contribution in [3.8, 4) is 11.5 Å². The number of pyridine rings is 2. The molecular formula is C32H24N8O5S2. The van der Waals surface area contributed by atoms with Crippen molar-refractivity contribution in [3.63, 3.8) is 0 Å². The van der Waals surface area contributed by atoms with Gasteiger partial charge in [-0.2, -0.15) is 4.73 Å². The number of anilines is 2. The Morgan fingerprint density at radius 1 is 0.787 bits per heavy atom. The number of rotatable bonds is 6. The summed E-state index contributed by atoms with van der Waals surface area (Å²) in [5.41, 5.74) is 3.68. The quantitative estimate of drug-likeness (QED) is 0.171. The number of ether oxygens (including phenoxy) is 2. The standard InChI is InChI=1S/C16H12N4O3S.C16H12N4O2S/c1-23-11-4-5-13-14(7-11)24-16-18-12(9-20(13)16)15(21)17-10-3-2-6-19(22)8-10;1-22-11-4-5-13-14(7-11)23-16-19-12(9-20(13)16)15(21)18-10-3-2-6-17-8-10/h2-9H,1H3,(H,17,21);2-9H,1H3,(H,18,21). The number of hydrogen-bond donors (Lipinski definition) is 2. The molecule has 8 rings (SSSR count). The Balaban J connectivity index is 0.000000150. The Morgan fingerprint density at radius 3 is 1.85 bits per heavy atom. The number of imidazole rings is 2. The van der Waals surface area contributed by atoms with Crippen molar-refractivity contribution < 1.29 is 23.8 Å². The van der Waals surface area contributed by atoms with Crippen LogP contribution in [0.15, 0.2) is 97.8 Å². The molecule has 0 bridgehead atoms. The predicted octanol–water partition coefficient (Wildman–Crippen LogP) is 5.65. The lowest BCUT2D eigenvalue weighted by molar-refractivity contribution is -0.604. The topological polar surface area (TPSA) is 151 Å². The SMILES string of the molecule is COc1ccc2c(c1)sc1nc(C(=O)Nc3ccc[n+]([O-])c3)cn12.COc1ccc2c(c1)sc1nc(C(=O)Nc3cccnc3)cn12. The van der Waals surface area contributed by atoms with E-state index in [1.165, 1.54) is 35.1 Å². The minimum atomic E-state index is -0.362. The molecule has 0 saturated heterocycles. The molecule has 234 valence electrons. The molecule has 2 amide bonds. The van der Waals surface area contributed by atoms with Crippen LogP contribution in [0.2, 0.25) is 0 Å².